The first-order valence-electron chi connectivity index (χ1n) is 13.3. The van der Waals surface area contributed by atoms with E-state index in [9.17, 15) is 14.4 Å². The molecule has 1 aliphatic rings. The maximum absolute atomic E-state index is 13.9. The third-order valence-corrected chi connectivity index (χ3v) is 12.6. The number of ether oxygens (including phenoxy) is 2. The summed E-state index contributed by atoms with van der Waals surface area (Å²) in [6.45, 7) is 9.75. The minimum Gasteiger partial charge on any atom is -0.497 e. The topological polar surface area (TPSA) is 78.9 Å². The molecule has 4 rings (SSSR count). The minimum atomic E-state index is -2.93. The lowest BCUT2D eigenvalue weighted by atomic mass is 9.80. The van der Waals surface area contributed by atoms with Crippen molar-refractivity contribution in [2.45, 2.75) is 52.2 Å². The number of allylic oxidation sites excluding steroid dienone is 1. The Balaban J connectivity index is 1.83. The largest absolute Gasteiger partial charge is 0.497 e. The maximum Gasteiger partial charge on any atom is 0.261 e. The monoisotopic (exact) mass is 556 g/mol. The van der Waals surface area contributed by atoms with Gasteiger partial charge in [0.2, 0.25) is 5.78 Å². The molecule has 3 aromatic rings. The Morgan fingerprint density at radius 1 is 0.850 bits per heavy atom. The molecule has 0 spiro atoms. The Morgan fingerprint density at radius 3 is 1.85 bits per heavy atom. The first kappa shape index (κ1) is 29.2. The molecule has 208 valence electrons. The minimum absolute atomic E-state index is 0.0859. The van der Waals surface area contributed by atoms with Gasteiger partial charge in [-0.2, -0.15) is 0 Å². The van der Waals surface area contributed by atoms with Crippen molar-refractivity contribution in [1.82, 2.24) is 0 Å². The van der Waals surface area contributed by atoms with Gasteiger partial charge in [0.05, 0.1) is 25.4 Å². The number of hydrogen-bond donors (Lipinski definition) is 0. The summed E-state index contributed by atoms with van der Waals surface area (Å²) in [5.74, 6) is -0.792. The van der Waals surface area contributed by atoms with Crippen molar-refractivity contribution in [2.75, 3.05) is 14.2 Å². The van der Waals surface area contributed by atoms with Crippen LogP contribution < -0.4 is 19.8 Å². The summed E-state index contributed by atoms with van der Waals surface area (Å²) in [5, 5.41) is 1.93. The van der Waals surface area contributed by atoms with Crippen LogP contribution in [0.15, 0.2) is 83.9 Å². The molecular weight excluding hydrogens is 520 g/mol. The molecular formula is C33H36O6Si. The molecule has 1 atom stereocenters. The quantitative estimate of drug-likeness (QED) is 0.262. The molecule has 6 nitrogen and oxygen atoms in total. The normalized spacial score (nSPS) is 14.6. The number of methoxy groups -OCH3 is 2. The van der Waals surface area contributed by atoms with E-state index < -0.39 is 31.8 Å². The molecule has 0 heterocycles. The van der Waals surface area contributed by atoms with Crippen LogP contribution in [0, 0.1) is 0 Å². The molecule has 0 fully saturated rings. The summed E-state index contributed by atoms with van der Waals surface area (Å²) in [6.07, 6.45) is -0.385. The van der Waals surface area contributed by atoms with E-state index in [-0.39, 0.29) is 39.5 Å². The van der Waals surface area contributed by atoms with Gasteiger partial charge in [-0.3, -0.25) is 14.4 Å². The summed E-state index contributed by atoms with van der Waals surface area (Å²) < 4.78 is 17.9. The van der Waals surface area contributed by atoms with E-state index in [0.717, 1.165) is 10.4 Å². The molecule has 7 heteroatoms. The molecule has 0 saturated carbocycles. The number of carbonyl (C=O) groups is 3. The molecule has 40 heavy (non-hydrogen) atoms. The van der Waals surface area contributed by atoms with Crippen LogP contribution in [-0.2, 0) is 9.22 Å². The van der Waals surface area contributed by atoms with E-state index >= 15 is 0 Å². The molecule has 0 N–H and O–H groups in total. The SMILES string of the molecule is COc1cc(OC)c2c(c1)C(=O)C(C[C@H](C)O[Si](c1ccccc1)(c1ccccc1)C(C)(C)C)=C(C(C)=O)C2=O. The van der Waals surface area contributed by atoms with Gasteiger partial charge in [0.25, 0.3) is 8.32 Å². The zero-order chi connectivity index (χ0) is 29.2. The van der Waals surface area contributed by atoms with Crippen molar-refractivity contribution in [1.29, 1.82) is 0 Å². The molecule has 0 radical (unpaired) electrons. The van der Waals surface area contributed by atoms with Crippen molar-refractivity contribution in [3.8, 4) is 11.5 Å². The fourth-order valence-electron chi connectivity index (χ4n) is 5.71. The number of fused-ring (bicyclic) bond motifs is 1. The maximum atomic E-state index is 13.9. The summed E-state index contributed by atoms with van der Waals surface area (Å²) in [6, 6.07) is 23.5. The van der Waals surface area contributed by atoms with Crippen LogP contribution in [0.25, 0.3) is 0 Å². The zero-order valence-electron chi connectivity index (χ0n) is 24.2. The summed E-state index contributed by atoms with van der Waals surface area (Å²) in [4.78, 5) is 40.5. The fourth-order valence-corrected chi connectivity index (χ4v) is 10.4. The second kappa shape index (κ2) is 11.4. The molecule has 0 unspecified atom stereocenters. The number of hydrogen-bond acceptors (Lipinski definition) is 6. The van der Waals surface area contributed by atoms with Crippen LogP contribution in [-0.4, -0.2) is 46.0 Å². The molecule has 0 aromatic heterocycles. The van der Waals surface area contributed by atoms with Gasteiger partial charge < -0.3 is 13.9 Å². The second-order valence-corrected chi connectivity index (χ2v) is 15.4. The third kappa shape index (κ3) is 5.07. The molecule has 0 amide bonds. The average molecular weight is 557 g/mol. The van der Waals surface area contributed by atoms with Crippen LogP contribution in [0.2, 0.25) is 5.04 Å². The predicted octanol–water partition coefficient (Wildman–Crippen LogP) is 5.32. The van der Waals surface area contributed by atoms with E-state index in [0.29, 0.717) is 5.75 Å². The summed E-state index contributed by atoms with van der Waals surface area (Å²) >= 11 is 0. The highest BCUT2D eigenvalue weighted by Gasteiger charge is 2.51. The second-order valence-electron chi connectivity index (χ2n) is 11.1. The Bertz CT molecular complexity index is 1430. The third-order valence-electron chi connectivity index (χ3n) is 7.44. The Labute approximate surface area is 237 Å². The first-order valence-corrected chi connectivity index (χ1v) is 15.3. The van der Waals surface area contributed by atoms with E-state index in [1.54, 1.807) is 6.07 Å². The Kier molecular flexibility index (Phi) is 8.28. The lowest BCUT2D eigenvalue weighted by molar-refractivity contribution is -0.113. The van der Waals surface area contributed by atoms with Crippen molar-refractivity contribution < 1.29 is 28.3 Å². The zero-order valence-corrected chi connectivity index (χ0v) is 25.2. The number of ketones is 3. The van der Waals surface area contributed by atoms with E-state index in [1.165, 1.54) is 27.2 Å². The molecule has 0 saturated heterocycles. The molecule has 3 aromatic carbocycles. The standard InChI is InChI=1S/C33H36O6Si/c1-21(39-40(33(3,4)5,24-14-10-8-11-15-24)25-16-12-9-13-17-25)18-26-29(22(2)34)32(36)30-27(31(26)35)19-23(37-6)20-28(30)38-7/h8-17,19-21H,18H2,1-7H3/t21-/m0/s1. The number of Topliss-reactive ketones (excluding diaryl/α,β-unsaturated/α-hetero) is 3. The molecule has 0 bridgehead atoms. The van der Waals surface area contributed by atoms with Gasteiger partial charge in [0.15, 0.2) is 11.6 Å². The van der Waals surface area contributed by atoms with Crippen LogP contribution in [0.1, 0.15) is 61.8 Å². The number of rotatable bonds is 9. The predicted molar refractivity (Wildman–Crippen MR) is 159 cm³/mol. The van der Waals surface area contributed by atoms with Crippen LogP contribution in [0.3, 0.4) is 0 Å². The average Bonchev–Trinajstić information content (AvgIpc) is 2.93. The Morgan fingerprint density at radius 2 is 1.40 bits per heavy atom. The fraction of sp³-hybridized carbons (Fsp3) is 0.303. The Hall–Kier alpha value is -3.81. The lowest BCUT2D eigenvalue weighted by Crippen LogP contribution is -2.67. The molecule has 1 aliphatic carbocycles. The van der Waals surface area contributed by atoms with Crippen LogP contribution >= 0.6 is 0 Å². The lowest BCUT2D eigenvalue weighted by Gasteiger charge is -2.45. The smallest absolute Gasteiger partial charge is 0.261 e. The van der Waals surface area contributed by atoms with E-state index in [4.69, 9.17) is 13.9 Å². The van der Waals surface area contributed by atoms with Gasteiger partial charge in [0, 0.05) is 29.7 Å². The summed E-state index contributed by atoms with van der Waals surface area (Å²) in [7, 11) is -0.0341. The van der Waals surface area contributed by atoms with Crippen LogP contribution in [0.4, 0.5) is 0 Å². The van der Waals surface area contributed by atoms with Gasteiger partial charge in [0.1, 0.15) is 11.5 Å². The number of carbonyl (C=O) groups excluding carboxylic acids is 3. The number of benzene rings is 3. The van der Waals surface area contributed by atoms with E-state index in [2.05, 4.69) is 45.0 Å². The highest BCUT2D eigenvalue weighted by atomic mass is 28.4. The van der Waals surface area contributed by atoms with Gasteiger partial charge >= 0.3 is 0 Å². The van der Waals surface area contributed by atoms with Crippen LogP contribution in [0.5, 0.6) is 11.5 Å². The van der Waals surface area contributed by atoms with Gasteiger partial charge in [-0.25, -0.2) is 0 Å². The molecule has 0 aliphatic heterocycles. The first-order chi connectivity index (χ1) is 19.0. The van der Waals surface area contributed by atoms with Gasteiger partial charge in [-0.05, 0) is 35.3 Å². The van der Waals surface area contributed by atoms with Crippen molar-refractivity contribution in [3.63, 3.8) is 0 Å². The van der Waals surface area contributed by atoms with Crippen molar-refractivity contribution >= 4 is 36.0 Å². The van der Waals surface area contributed by atoms with E-state index in [1.807, 2.05) is 43.3 Å². The highest BCUT2D eigenvalue weighted by molar-refractivity contribution is 6.99. The van der Waals surface area contributed by atoms with Crippen molar-refractivity contribution in [3.05, 3.63) is 95.1 Å². The van der Waals surface area contributed by atoms with Crippen molar-refractivity contribution in [2.24, 2.45) is 0 Å². The van der Waals surface area contributed by atoms with Gasteiger partial charge in [-0.1, -0.05) is 81.4 Å². The highest BCUT2D eigenvalue weighted by Crippen LogP contribution is 2.40. The summed E-state index contributed by atoms with van der Waals surface area (Å²) in [5.41, 5.74) is 0.297. The van der Waals surface area contributed by atoms with Gasteiger partial charge in [-0.15, -0.1) is 0 Å².